The minimum Gasteiger partial charge on any atom is -0.385 e. The summed E-state index contributed by atoms with van der Waals surface area (Å²) in [5, 5.41) is 0. The van der Waals surface area contributed by atoms with Crippen molar-refractivity contribution in [2.45, 2.75) is 63.3 Å². The Bertz CT molecular complexity index is 139. The van der Waals surface area contributed by atoms with E-state index in [1.165, 1.54) is 51.4 Å². The van der Waals surface area contributed by atoms with Crippen LogP contribution >= 0.6 is 0 Å². The zero-order chi connectivity index (χ0) is 10.3. The van der Waals surface area contributed by atoms with Gasteiger partial charge in [-0.1, -0.05) is 25.7 Å². The van der Waals surface area contributed by atoms with E-state index in [1.54, 1.807) is 7.11 Å². The zero-order valence-corrected chi connectivity index (χ0v) is 9.56. The second kappa shape index (κ2) is 6.41. The van der Waals surface area contributed by atoms with Crippen LogP contribution < -0.4 is 5.73 Å². The molecule has 1 aliphatic carbocycles. The lowest BCUT2D eigenvalue weighted by Crippen LogP contribution is -2.39. The topological polar surface area (TPSA) is 35.2 Å². The molecule has 0 atom stereocenters. The van der Waals surface area contributed by atoms with Crippen molar-refractivity contribution >= 4 is 0 Å². The van der Waals surface area contributed by atoms with Gasteiger partial charge in [0.15, 0.2) is 0 Å². The van der Waals surface area contributed by atoms with Gasteiger partial charge in [-0.15, -0.1) is 0 Å². The van der Waals surface area contributed by atoms with Crippen LogP contribution in [-0.4, -0.2) is 19.3 Å². The van der Waals surface area contributed by atoms with Crippen molar-refractivity contribution in [3.63, 3.8) is 0 Å². The lowest BCUT2D eigenvalue weighted by molar-refractivity contribution is 0.187. The van der Waals surface area contributed by atoms with Crippen molar-refractivity contribution in [2.75, 3.05) is 13.7 Å². The van der Waals surface area contributed by atoms with Gasteiger partial charge < -0.3 is 10.5 Å². The first kappa shape index (κ1) is 12.0. The molecule has 0 aromatic heterocycles. The number of hydrogen-bond acceptors (Lipinski definition) is 2. The van der Waals surface area contributed by atoms with Crippen molar-refractivity contribution in [1.29, 1.82) is 0 Å². The van der Waals surface area contributed by atoms with E-state index in [0.717, 1.165) is 13.0 Å². The van der Waals surface area contributed by atoms with Crippen LogP contribution in [0, 0.1) is 0 Å². The Labute approximate surface area is 88.2 Å². The number of methoxy groups -OCH3 is 1. The number of unbranched alkanes of at least 4 members (excludes halogenated alkanes) is 1. The third kappa shape index (κ3) is 4.43. The molecule has 0 bridgehead atoms. The maximum absolute atomic E-state index is 6.40. The molecule has 0 aromatic rings. The van der Waals surface area contributed by atoms with Crippen LogP contribution in [0.1, 0.15) is 57.8 Å². The number of hydrogen-bond donors (Lipinski definition) is 1. The first-order valence-corrected chi connectivity index (χ1v) is 6.05. The Morgan fingerprint density at radius 3 is 2.29 bits per heavy atom. The summed E-state index contributed by atoms with van der Waals surface area (Å²) in [5.41, 5.74) is 6.56. The second-order valence-electron chi connectivity index (χ2n) is 4.73. The molecule has 1 aliphatic rings. The van der Waals surface area contributed by atoms with E-state index in [4.69, 9.17) is 10.5 Å². The maximum atomic E-state index is 6.40. The highest BCUT2D eigenvalue weighted by molar-refractivity contribution is 4.85. The Balaban J connectivity index is 2.17. The van der Waals surface area contributed by atoms with Crippen molar-refractivity contribution < 1.29 is 4.74 Å². The molecule has 0 saturated heterocycles. The fraction of sp³-hybridized carbons (Fsp3) is 1.00. The molecule has 0 amide bonds. The van der Waals surface area contributed by atoms with Gasteiger partial charge in [-0.05, 0) is 32.1 Å². The van der Waals surface area contributed by atoms with Crippen molar-refractivity contribution in [3.05, 3.63) is 0 Å². The third-order valence-electron chi connectivity index (χ3n) is 3.37. The summed E-state index contributed by atoms with van der Waals surface area (Å²) in [5.74, 6) is 0. The van der Waals surface area contributed by atoms with E-state index in [0.29, 0.717) is 0 Å². The summed E-state index contributed by atoms with van der Waals surface area (Å²) in [6.07, 6.45) is 11.5. The molecule has 2 heteroatoms. The minimum atomic E-state index is 0.157. The highest BCUT2D eigenvalue weighted by Crippen LogP contribution is 2.28. The van der Waals surface area contributed by atoms with E-state index in [-0.39, 0.29) is 5.54 Å². The van der Waals surface area contributed by atoms with E-state index in [9.17, 15) is 0 Å². The molecular weight excluding hydrogens is 174 g/mol. The van der Waals surface area contributed by atoms with E-state index in [2.05, 4.69) is 0 Å². The molecule has 0 unspecified atom stereocenters. The average Bonchev–Trinajstić information content (AvgIpc) is 2.39. The van der Waals surface area contributed by atoms with Gasteiger partial charge in [-0.25, -0.2) is 0 Å². The number of nitrogens with two attached hydrogens (primary N) is 1. The first-order valence-electron chi connectivity index (χ1n) is 6.05. The molecule has 1 fully saturated rings. The average molecular weight is 199 g/mol. The van der Waals surface area contributed by atoms with Gasteiger partial charge in [0.25, 0.3) is 0 Å². The van der Waals surface area contributed by atoms with Gasteiger partial charge in [-0.2, -0.15) is 0 Å². The number of ether oxygens (including phenoxy) is 1. The van der Waals surface area contributed by atoms with Crippen LogP contribution in [0.2, 0.25) is 0 Å². The molecule has 14 heavy (non-hydrogen) atoms. The van der Waals surface area contributed by atoms with Crippen LogP contribution in [0.4, 0.5) is 0 Å². The smallest absolute Gasteiger partial charge is 0.0462 e. The fourth-order valence-corrected chi connectivity index (χ4v) is 2.41. The van der Waals surface area contributed by atoms with Crippen molar-refractivity contribution in [3.8, 4) is 0 Å². The highest BCUT2D eigenvalue weighted by atomic mass is 16.5. The summed E-state index contributed by atoms with van der Waals surface area (Å²) < 4.78 is 5.05. The van der Waals surface area contributed by atoms with E-state index in [1.807, 2.05) is 0 Å². The van der Waals surface area contributed by atoms with Gasteiger partial charge >= 0.3 is 0 Å². The monoisotopic (exact) mass is 199 g/mol. The minimum absolute atomic E-state index is 0.157. The molecule has 0 heterocycles. The molecule has 2 N–H and O–H groups in total. The summed E-state index contributed by atoms with van der Waals surface area (Å²) >= 11 is 0. The van der Waals surface area contributed by atoms with Gasteiger partial charge in [0.1, 0.15) is 0 Å². The lowest BCUT2D eigenvalue weighted by Gasteiger charge is -2.28. The highest BCUT2D eigenvalue weighted by Gasteiger charge is 2.25. The fourth-order valence-electron chi connectivity index (χ4n) is 2.41. The number of rotatable bonds is 5. The summed E-state index contributed by atoms with van der Waals surface area (Å²) in [4.78, 5) is 0. The van der Waals surface area contributed by atoms with Crippen LogP contribution in [0.3, 0.4) is 0 Å². The predicted molar refractivity (Wildman–Crippen MR) is 60.3 cm³/mol. The van der Waals surface area contributed by atoms with E-state index >= 15 is 0 Å². The summed E-state index contributed by atoms with van der Waals surface area (Å²) in [6.45, 7) is 0.885. The normalized spacial score (nSPS) is 21.9. The molecular formula is C12H25NO. The molecule has 1 saturated carbocycles. The zero-order valence-electron chi connectivity index (χ0n) is 9.56. The molecule has 84 valence electrons. The maximum Gasteiger partial charge on any atom is 0.0462 e. The van der Waals surface area contributed by atoms with Gasteiger partial charge in [-0.3, -0.25) is 0 Å². The van der Waals surface area contributed by atoms with Crippen LogP contribution in [0.25, 0.3) is 0 Å². The first-order chi connectivity index (χ1) is 6.77. The van der Waals surface area contributed by atoms with Crippen molar-refractivity contribution in [2.24, 2.45) is 5.73 Å². The predicted octanol–water partition coefficient (Wildman–Crippen LogP) is 2.85. The van der Waals surface area contributed by atoms with Gasteiger partial charge in [0.05, 0.1) is 0 Å². The van der Waals surface area contributed by atoms with E-state index < -0.39 is 0 Å². The Morgan fingerprint density at radius 1 is 1.07 bits per heavy atom. The largest absolute Gasteiger partial charge is 0.385 e. The third-order valence-corrected chi connectivity index (χ3v) is 3.37. The lowest BCUT2D eigenvalue weighted by atomic mass is 9.86. The molecule has 0 aliphatic heterocycles. The molecule has 0 spiro atoms. The Morgan fingerprint density at radius 2 is 1.71 bits per heavy atom. The summed E-state index contributed by atoms with van der Waals surface area (Å²) in [7, 11) is 1.77. The Kier molecular flexibility index (Phi) is 5.49. The SMILES string of the molecule is COCCCCC1(N)CCCCCC1. The summed E-state index contributed by atoms with van der Waals surface area (Å²) in [6, 6.07) is 0. The Hall–Kier alpha value is -0.0800. The van der Waals surface area contributed by atoms with Gasteiger partial charge in [0.2, 0.25) is 0 Å². The molecule has 0 aromatic carbocycles. The molecule has 1 rings (SSSR count). The van der Waals surface area contributed by atoms with Gasteiger partial charge in [0, 0.05) is 19.3 Å². The van der Waals surface area contributed by atoms with Crippen molar-refractivity contribution in [1.82, 2.24) is 0 Å². The molecule has 2 nitrogen and oxygen atoms in total. The quantitative estimate of drug-likeness (QED) is 0.546. The van der Waals surface area contributed by atoms with Crippen LogP contribution in [0.5, 0.6) is 0 Å². The van der Waals surface area contributed by atoms with Crippen LogP contribution in [0.15, 0.2) is 0 Å². The van der Waals surface area contributed by atoms with Crippen LogP contribution in [-0.2, 0) is 4.74 Å². The standard InChI is InChI=1S/C12H25NO/c1-14-11-7-6-10-12(13)8-4-2-3-5-9-12/h2-11,13H2,1H3. The second-order valence-corrected chi connectivity index (χ2v) is 4.73. The molecule has 0 radical (unpaired) electrons.